The van der Waals surface area contributed by atoms with Gasteiger partial charge in [-0.15, -0.1) is 11.3 Å². The van der Waals surface area contributed by atoms with E-state index in [-0.39, 0.29) is 10.8 Å². The molecule has 1 radical (unpaired) electrons. The zero-order chi connectivity index (χ0) is 11.1. The number of halogens is 1. The van der Waals surface area contributed by atoms with Gasteiger partial charge in [-0.2, -0.15) is 0 Å². The Balaban J connectivity index is 2.67. The number of rotatable bonds is 0. The van der Waals surface area contributed by atoms with Crippen LogP contribution >= 0.6 is 11.3 Å². The van der Waals surface area contributed by atoms with Crippen molar-refractivity contribution in [3.63, 3.8) is 0 Å². The number of hydrogen-bond acceptors (Lipinski definition) is 2. The second-order valence-corrected chi connectivity index (χ2v) is 4.51. The van der Waals surface area contributed by atoms with E-state index in [0.717, 1.165) is 4.70 Å². The van der Waals surface area contributed by atoms with Crippen LogP contribution in [0.3, 0.4) is 0 Å². The van der Waals surface area contributed by atoms with Crippen LogP contribution in [-0.4, -0.2) is 0 Å². The van der Waals surface area contributed by atoms with Crippen LogP contribution < -0.4 is 5.43 Å². The smallest absolute Gasteiger partial charge is 0.198 e. The van der Waals surface area contributed by atoms with Gasteiger partial charge < -0.3 is 0 Å². The zero-order valence-electron chi connectivity index (χ0n) is 8.16. The molecule has 0 spiro atoms. The SMILES string of the molecule is O=c1c2ccccc2sc2[c]ccc(F)c12. The molecule has 1 nitrogen and oxygen atoms in total. The third kappa shape index (κ3) is 1.25. The van der Waals surface area contributed by atoms with Crippen molar-refractivity contribution < 1.29 is 4.39 Å². The normalized spacial score (nSPS) is 11.1. The van der Waals surface area contributed by atoms with Gasteiger partial charge in [0.15, 0.2) is 5.43 Å². The average molecular weight is 229 g/mol. The van der Waals surface area contributed by atoms with Gasteiger partial charge in [0, 0.05) is 20.9 Å². The fourth-order valence-electron chi connectivity index (χ4n) is 1.73. The molecule has 0 aliphatic rings. The highest BCUT2D eigenvalue weighted by Gasteiger charge is 2.08. The Morgan fingerprint density at radius 1 is 1.19 bits per heavy atom. The lowest BCUT2D eigenvalue weighted by Gasteiger charge is -2.00. The van der Waals surface area contributed by atoms with E-state index >= 15 is 0 Å². The molecule has 0 bridgehead atoms. The van der Waals surface area contributed by atoms with E-state index in [2.05, 4.69) is 6.07 Å². The highest BCUT2D eigenvalue weighted by atomic mass is 32.1. The molecule has 0 N–H and O–H groups in total. The quantitative estimate of drug-likeness (QED) is 0.540. The first-order valence-electron chi connectivity index (χ1n) is 4.79. The van der Waals surface area contributed by atoms with Crippen LogP contribution in [0.4, 0.5) is 4.39 Å². The Kier molecular flexibility index (Phi) is 2.01. The molecule has 0 atom stereocenters. The summed E-state index contributed by atoms with van der Waals surface area (Å²) in [6.07, 6.45) is 0. The van der Waals surface area contributed by atoms with Crippen molar-refractivity contribution in [1.82, 2.24) is 0 Å². The van der Waals surface area contributed by atoms with Gasteiger partial charge in [0.2, 0.25) is 0 Å². The number of fused-ring (bicyclic) bond motifs is 2. The molecule has 1 heterocycles. The first-order valence-corrected chi connectivity index (χ1v) is 5.61. The molecule has 3 rings (SSSR count). The van der Waals surface area contributed by atoms with Gasteiger partial charge in [0.05, 0.1) is 5.39 Å². The van der Waals surface area contributed by atoms with Crippen molar-refractivity contribution >= 4 is 31.5 Å². The second kappa shape index (κ2) is 3.39. The van der Waals surface area contributed by atoms with Crippen LogP contribution in [0.25, 0.3) is 20.2 Å². The summed E-state index contributed by atoms with van der Waals surface area (Å²) in [4.78, 5) is 12.1. The fraction of sp³-hybridized carbons (Fsp3) is 0. The number of benzene rings is 2. The molecular weight excluding hydrogens is 223 g/mol. The Morgan fingerprint density at radius 3 is 2.88 bits per heavy atom. The van der Waals surface area contributed by atoms with Crippen LogP contribution in [0.2, 0.25) is 0 Å². The molecule has 0 saturated heterocycles. The Hall–Kier alpha value is -1.74. The van der Waals surface area contributed by atoms with E-state index in [4.69, 9.17) is 0 Å². The van der Waals surface area contributed by atoms with E-state index in [1.807, 2.05) is 12.1 Å². The monoisotopic (exact) mass is 229 g/mol. The van der Waals surface area contributed by atoms with Gasteiger partial charge in [-0.25, -0.2) is 4.39 Å². The summed E-state index contributed by atoms with van der Waals surface area (Å²) in [6.45, 7) is 0. The number of hydrogen-bond donors (Lipinski definition) is 0. The van der Waals surface area contributed by atoms with E-state index in [9.17, 15) is 9.18 Å². The molecule has 2 aromatic carbocycles. The summed E-state index contributed by atoms with van der Waals surface area (Å²) in [7, 11) is 0. The van der Waals surface area contributed by atoms with Crippen molar-refractivity contribution in [2.24, 2.45) is 0 Å². The van der Waals surface area contributed by atoms with Gasteiger partial charge in [0.1, 0.15) is 5.82 Å². The average Bonchev–Trinajstić information content (AvgIpc) is 2.29. The predicted molar refractivity (Wildman–Crippen MR) is 64.4 cm³/mol. The highest BCUT2D eigenvalue weighted by molar-refractivity contribution is 7.24. The highest BCUT2D eigenvalue weighted by Crippen LogP contribution is 2.25. The summed E-state index contributed by atoms with van der Waals surface area (Å²) in [5, 5.41) is 0.713. The molecule has 1 aromatic heterocycles. The van der Waals surface area contributed by atoms with E-state index in [1.54, 1.807) is 12.1 Å². The third-order valence-electron chi connectivity index (χ3n) is 2.48. The molecule has 3 aromatic rings. The van der Waals surface area contributed by atoms with Crippen molar-refractivity contribution in [3.8, 4) is 0 Å². The minimum Gasteiger partial charge on any atom is -0.288 e. The topological polar surface area (TPSA) is 17.1 Å². The van der Waals surface area contributed by atoms with Crippen LogP contribution in [-0.2, 0) is 0 Å². The Bertz CT molecular complexity index is 746. The van der Waals surface area contributed by atoms with Crippen LogP contribution in [0.15, 0.2) is 41.2 Å². The zero-order valence-corrected chi connectivity index (χ0v) is 8.98. The first-order chi connectivity index (χ1) is 7.77. The van der Waals surface area contributed by atoms with E-state index < -0.39 is 5.82 Å². The first kappa shape index (κ1) is 9.48. The molecular formula is C13H6FOS. The maximum atomic E-state index is 13.6. The van der Waals surface area contributed by atoms with Crippen LogP contribution in [0, 0.1) is 11.9 Å². The van der Waals surface area contributed by atoms with Crippen molar-refractivity contribution in [2.75, 3.05) is 0 Å². The lowest BCUT2D eigenvalue weighted by Crippen LogP contribution is -2.02. The van der Waals surface area contributed by atoms with Crippen molar-refractivity contribution in [3.05, 3.63) is 58.5 Å². The molecule has 0 fully saturated rings. The van der Waals surface area contributed by atoms with E-state index in [1.165, 1.54) is 23.5 Å². The lowest BCUT2D eigenvalue weighted by molar-refractivity contribution is 0.639. The molecule has 77 valence electrons. The summed E-state index contributed by atoms with van der Waals surface area (Å²) in [5.41, 5.74) is -0.251. The summed E-state index contributed by atoms with van der Waals surface area (Å²) < 4.78 is 15.0. The molecule has 16 heavy (non-hydrogen) atoms. The van der Waals surface area contributed by atoms with Crippen LogP contribution in [0.5, 0.6) is 0 Å². The molecule has 0 saturated carbocycles. The van der Waals surface area contributed by atoms with Gasteiger partial charge in [-0.3, -0.25) is 4.79 Å². The Morgan fingerprint density at radius 2 is 2.00 bits per heavy atom. The summed E-state index contributed by atoms with van der Waals surface area (Å²) >= 11 is 1.38. The van der Waals surface area contributed by atoms with Gasteiger partial charge in [-0.1, -0.05) is 12.1 Å². The fourth-order valence-corrected chi connectivity index (χ4v) is 2.79. The van der Waals surface area contributed by atoms with Crippen LogP contribution in [0.1, 0.15) is 0 Å². The lowest BCUT2D eigenvalue weighted by atomic mass is 10.2. The molecule has 0 unspecified atom stereocenters. The molecule has 0 aliphatic heterocycles. The molecule has 0 aliphatic carbocycles. The maximum Gasteiger partial charge on any atom is 0.198 e. The van der Waals surface area contributed by atoms with Crippen molar-refractivity contribution in [1.29, 1.82) is 0 Å². The summed E-state index contributed by atoms with van der Waals surface area (Å²) in [6, 6.07) is 12.9. The predicted octanol–water partition coefficient (Wildman–Crippen LogP) is 3.35. The van der Waals surface area contributed by atoms with Crippen molar-refractivity contribution in [2.45, 2.75) is 0 Å². The third-order valence-corrected chi connectivity index (χ3v) is 3.58. The largest absolute Gasteiger partial charge is 0.288 e. The van der Waals surface area contributed by atoms with Gasteiger partial charge in [-0.05, 0) is 24.3 Å². The maximum absolute atomic E-state index is 13.6. The van der Waals surface area contributed by atoms with E-state index in [0.29, 0.717) is 10.1 Å². The minimum atomic E-state index is -0.472. The standard InChI is InChI=1S/C13H6FOS/c14-9-5-3-7-11-12(9)13(15)8-4-1-2-6-10(8)16-11/h1-6H. The Labute approximate surface area is 94.8 Å². The molecule has 3 heteroatoms. The minimum absolute atomic E-state index is 0.145. The second-order valence-electron chi connectivity index (χ2n) is 3.46. The molecule has 0 amide bonds. The van der Waals surface area contributed by atoms with Gasteiger partial charge >= 0.3 is 0 Å². The summed E-state index contributed by atoms with van der Waals surface area (Å²) in [5.74, 6) is -0.472. The van der Waals surface area contributed by atoms with Gasteiger partial charge in [0.25, 0.3) is 0 Å².